The summed E-state index contributed by atoms with van der Waals surface area (Å²) in [7, 11) is -0.324. The molecule has 106 valence electrons. The van der Waals surface area contributed by atoms with E-state index in [-0.39, 0.29) is 18.3 Å². The maximum absolute atomic E-state index is 6.03. The molecule has 0 aliphatic carbocycles. The summed E-state index contributed by atoms with van der Waals surface area (Å²) in [5, 5.41) is 0. The standard InChI is InChI=1S/C16H22BNO2/c1-7-18(8-2)14-11-9-13(10-12-14)17-19-15(3,4)16(5,6)20-17/h7-12H,1-2H2,3-6H3. The van der Waals surface area contributed by atoms with Gasteiger partial charge in [0.1, 0.15) is 0 Å². The average Bonchev–Trinajstić information content (AvgIpc) is 2.61. The van der Waals surface area contributed by atoms with Crippen LogP contribution in [-0.2, 0) is 9.31 Å². The van der Waals surface area contributed by atoms with Crippen molar-refractivity contribution in [3.05, 3.63) is 49.8 Å². The average molecular weight is 271 g/mol. The van der Waals surface area contributed by atoms with Gasteiger partial charge in [-0.1, -0.05) is 25.3 Å². The summed E-state index contributed by atoms with van der Waals surface area (Å²) >= 11 is 0. The van der Waals surface area contributed by atoms with Gasteiger partial charge in [0.2, 0.25) is 0 Å². The molecule has 1 aliphatic heterocycles. The molecule has 0 aromatic heterocycles. The molecule has 2 rings (SSSR count). The van der Waals surface area contributed by atoms with Gasteiger partial charge >= 0.3 is 7.12 Å². The largest absolute Gasteiger partial charge is 0.494 e. The molecule has 1 heterocycles. The minimum absolute atomic E-state index is 0.315. The van der Waals surface area contributed by atoms with Crippen LogP contribution in [0.1, 0.15) is 27.7 Å². The van der Waals surface area contributed by atoms with E-state index >= 15 is 0 Å². The number of benzene rings is 1. The molecular weight excluding hydrogens is 249 g/mol. The van der Waals surface area contributed by atoms with E-state index in [4.69, 9.17) is 9.31 Å². The fourth-order valence-corrected chi connectivity index (χ4v) is 2.07. The lowest BCUT2D eigenvalue weighted by molar-refractivity contribution is 0.00578. The Balaban J connectivity index is 2.20. The highest BCUT2D eigenvalue weighted by Crippen LogP contribution is 2.36. The predicted octanol–water partition coefficient (Wildman–Crippen LogP) is 3.08. The summed E-state index contributed by atoms with van der Waals surface area (Å²) in [6.07, 6.45) is 3.44. The molecule has 0 bridgehead atoms. The highest BCUT2D eigenvalue weighted by Gasteiger charge is 2.51. The van der Waals surface area contributed by atoms with Crippen molar-refractivity contribution in [3.63, 3.8) is 0 Å². The number of nitrogens with zero attached hydrogens (tertiary/aromatic N) is 1. The Morgan fingerprint density at radius 1 is 0.950 bits per heavy atom. The molecule has 1 saturated heterocycles. The maximum atomic E-state index is 6.03. The molecule has 0 radical (unpaired) electrons. The van der Waals surface area contributed by atoms with Crippen LogP contribution in [0.4, 0.5) is 5.69 Å². The smallest absolute Gasteiger partial charge is 0.399 e. The van der Waals surface area contributed by atoms with Gasteiger partial charge in [-0.05, 0) is 45.3 Å². The van der Waals surface area contributed by atoms with Crippen LogP contribution in [0.5, 0.6) is 0 Å². The van der Waals surface area contributed by atoms with Crippen LogP contribution >= 0.6 is 0 Å². The number of hydrogen-bond acceptors (Lipinski definition) is 3. The molecule has 20 heavy (non-hydrogen) atoms. The molecule has 0 unspecified atom stereocenters. The maximum Gasteiger partial charge on any atom is 0.494 e. The number of rotatable bonds is 4. The first-order valence-corrected chi connectivity index (χ1v) is 6.80. The third-order valence-corrected chi connectivity index (χ3v) is 4.11. The van der Waals surface area contributed by atoms with Crippen LogP contribution in [0.25, 0.3) is 0 Å². The summed E-state index contributed by atoms with van der Waals surface area (Å²) < 4.78 is 12.1. The zero-order valence-electron chi connectivity index (χ0n) is 12.7. The Morgan fingerprint density at radius 3 is 1.80 bits per heavy atom. The molecule has 3 nitrogen and oxygen atoms in total. The van der Waals surface area contributed by atoms with Crippen molar-refractivity contribution in [2.24, 2.45) is 0 Å². The first-order chi connectivity index (χ1) is 9.30. The fraction of sp³-hybridized carbons (Fsp3) is 0.375. The van der Waals surface area contributed by atoms with Crippen LogP contribution in [0, 0.1) is 0 Å². The van der Waals surface area contributed by atoms with E-state index in [1.807, 2.05) is 29.2 Å². The monoisotopic (exact) mass is 271 g/mol. The van der Waals surface area contributed by atoms with Crippen molar-refractivity contribution >= 4 is 18.3 Å². The molecule has 1 aliphatic rings. The summed E-state index contributed by atoms with van der Waals surface area (Å²) in [5.41, 5.74) is 1.39. The SMILES string of the molecule is C=CN(C=C)c1ccc(B2OC(C)(C)C(C)(C)O2)cc1. The first-order valence-electron chi connectivity index (χ1n) is 6.80. The summed E-state index contributed by atoms with van der Waals surface area (Å²) in [6.45, 7) is 15.7. The van der Waals surface area contributed by atoms with E-state index in [1.54, 1.807) is 12.4 Å². The van der Waals surface area contributed by atoms with E-state index in [1.165, 1.54) is 0 Å². The van der Waals surface area contributed by atoms with Gasteiger partial charge in [-0.3, -0.25) is 0 Å². The zero-order valence-corrected chi connectivity index (χ0v) is 12.7. The second kappa shape index (κ2) is 5.11. The second-order valence-electron chi connectivity index (χ2n) is 5.95. The Hall–Kier alpha value is -1.52. The zero-order chi connectivity index (χ0) is 15.0. The molecule has 1 aromatic carbocycles. The van der Waals surface area contributed by atoms with Crippen LogP contribution in [0.3, 0.4) is 0 Å². The first kappa shape index (κ1) is 14.9. The lowest BCUT2D eigenvalue weighted by Gasteiger charge is -2.32. The molecule has 4 heteroatoms. The predicted molar refractivity (Wildman–Crippen MR) is 85.0 cm³/mol. The van der Waals surface area contributed by atoms with Gasteiger partial charge in [-0.15, -0.1) is 0 Å². The van der Waals surface area contributed by atoms with Crippen molar-refractivity contribution in [3.8, 4) is 0 Å². The fourth-order valence-electron chi connectivity index (χ4n) is 2.07. The van der Waals surface area contributed by atoms with Crippen molar-refractivity contribution < 1.29 is 9.31 Å². The normalized spacial score (nSPS) is 19.7. The number of hydrogen-bond donors (Lipinski definition) is 0. The number of anilines is 1. The van der Waals surface area contributed by atoms with Crippen LogP contribution in [-0.4, -0.2) is 18.3 Å². The molecule has 1 aromatic rings. The topological polar surface area (TPSA) is 21.7 Å². The minimum atomic E-state index is -0.324. The van der Waals surface area contributed by atoms with Crippen molar-refractivity contribution in [1.29, 1.82) is 0 Å². The summed E-state index contributed by atoms with van der Waals surface area (Å²) in [6, 6.07) is 8.03. The Morgan fingerprint density at radius 2 is 1.40 bits per heavy atom. The van der Waals surface area contributed by atoms with Gasteiger partial charge in [0, 0.05) is 18.1 Å². The van der Waals surface area contributed by atoms with E-state index < -0.39 is 0 Å². The van der Waals surface area contributed by atoms with Crippen LogP contribution < -0.4 is 10.4 Å². The quantitative estimate of drug-likeness (QED) is 0.785. The Kier molecular flexibility index (Phi) is 3.81. The third-order valence-electron chi connectivity index (χ3n) is 4.11. The summed E-state index contributed by atoms with van der Waals surface area (Å²) in [4.78, 5) is 1.86. The molecule has 0 atom stereocenters. The minimum Gasteiger partial charge on any atom is -0.399 e. The van der Waals surface area contributed by atoms with Gasteiger partial charge in [0.15, 0.2) is 0 Å². The van der Waals surface area contributed by atoms with Gasteiger partial charge in [-0.2, -0.15) is 0 Å². The lowest BCUT2D eigenvalue weighted by Crippen LogP contribution is -2.41. The van der Waals surface area contributed by atoms with E-state index in [9.17, 15) is 0 Å². The van der Waals surface area contributed by atoms with Crippen LogP contribution in [0.2, 0.25) is 0 Å². The molecule has 0 saturated carbocycles. The second-order valence-corrected chi connectivity index (χ2v) is 5.95. The third kappa shape index (κ3) is 2.54. The van der Waals surface area contributed by atoms with Crippen molar-refractivity contribution in [2.45, 2.75) is 38.9 Å². The summed E-state index contributed by atoms with van der Waals surface area (Å²) in [5.74, 6) is 0. The van der Waals surface area contributed by atoms with E-state index in [2.05, 4.69) is 40.9 Å². The lowest BCUT2D eigenvalue weighted by atomic mass is 9.79. The van der Waals surface area contributed by atoms with E-state index in [0.29, 0.717) is 0 Å². The Bertz CT molecular complexity index is 484. The van der Waals surface area contributed by atoms with Gasteiger partial charge in [0.25, 0.3) is 0 Å². The van der Waals surface area contributed by atoms with Crippen LogP contribution in [0.15, 0.2) is 49.8 Å². The molecule has 1 fully saturated rings. The van der Waals surface area contributed by atoms with E-state index in [0.717, 1.165) is 11.2 Å². The molecule has 0 spiro atoms. The van der Waals surface area contributed by atoms with Crippen molar-refractivity contribution in [2.75, 3.05) is 4.90 Å². The highest BCUT2D eigenvalue weighted by atomic mass is 16.7. The van der Waals surface area contributed by atoms with Crippen molar-refractivity contribution in [1.82, 2.24) is 0 Å². The molecule has 0 amide bonds. The van der Waals surface area contributed by atoms with Gasteiger partial charge in [-0.25, -0.2) is 0 Å². The molecule has 0 N–H and O–H groups in total. The highest BCUT2D eigenvalue weighted by molar-refractivity contribution is 6.62. The van der Waals surface area contributed by atoms with Gasteiger partial charge in [0.05, 0.1) is 11.2 Å². The molecular formula is C16H22BNO2. The Labute approximate surface area is 122 Å². The van der Waals surface area contributed by atoms with Gasteiger partial charge < -0.3 is 14.2 Å².